The number of hydroxylamine groups is 2. The number of ether oxygens (including phenoxy) is 4. The lowest BCUT2D eigenvalue weighted by Gasteiger charge is -2.34. The lowest BCUT2D eigenvalue weighted by molar-refractivity contribution is -0.404. The average Bonchev–Trinajstić information content (AvgIpc) is 2.75. The lowest BCUT2D eigenvalue weighted by atomic mass is 9.87. The quantitative estimate of drug-likeness (QED) is 0.0124. The van der Waals surface area contributed by atoms with Crippen molar-refractivity contribution in [2.24, 2.45) is 17.8 Å². The number of anilines is 2. The summed E-state index contributed by atoms with van der Waals surface area (Å²) in [6, 6.07) is 15.3. The van der Waals surface area contributed by atoms with Gasteiger partial charge in [-0.05, 0) is 115 Å². The van der Waals surface area contributed by atoms with Crippen LogP contribution in [0.1, 0.15) is 88.2 Å². The zero-order valence-corrected chi connectivity index (χ0v) is 51.7. The van der Waals surface area contributed by atoms with Crippen LogP contribution in [0.25, 0.3) is 11.1 Å². The Balaban J connectivity index is 0.692. The van der Waals surface area contributed by atoms with E-state index < -0.39 is 21.4 Å². The number of hydrogen-bond donors (Lipinski definition) is 3. The van der Waals surface area contributed by atoms with Crippen LogP contribution in [-0.4, -0.2) is 147 Å². The van der Waals surface area contributed by atoms with Gasteiger partial charge in [0.2, 0.25) is 24.2 Å². The molecule has 454 valence electrons. The standard InChI is InChI=1S/C64H75IN10O11/c1-41(2)59(67-56(76)11-8-7-9-26-73-57(77)24-25-58(73)78)62(79)68-64(3,65)63(80)66-48-18-12-42(13-19-48)44-16-22-50-46(33-44)35-71-39-54(60(83-5)52(71)37-74(50)81)85-31-10-32-86-55-40-72-36-47-34-45(17-23-51(47)75(82)38-53(72)61(55)84-6)43-14-20-49(21-15-43)70-29-27-69(4)28-30-70/h12-25,37-41,46-47,59H,7-11,26-36H2,1-6H3,(H,66,80)(H,67,76)(H,68,79). The molecular weight excluding hydrogens is 1210 g/mol. The zero-order chi connectivity index (χ0) is 60.8. The van der Waals surface area contributed by atoms with Gasteiger partial charge < -0.3 is 64.2 Å². The zero-order valence-electron chi connectivity index (χ0n) is 49.5. The maximum Gasteiger partial charge on any atom is 0.260 e. The van der Waals surface area contributed by atoms with Gasteiger partial charge in [-0.25, -0.2) is 0 Å². The maximum atomic E-state index is 13.7. The Bertz CT molecular complexity index is 3450. The Kier molecular flexibility index (Phi) is 18.9. The third kappa shape index (κ3) is 13.8. The SMILES string of the molecule is COc1c(OCCCOc2cn3c(c2OC)C=[N+]([O-])C2=CC=C(c4ccc(N5CCN(C)CC5)cc4)CC2C3)cn2c1C=[N+]([O-])C1=CC=C(c3ccc(NC(=O)C(C)(I)NC(=O)C(NC(=O)CCCCCN4C(=O)C=CC4=O)C(C)C)cc3)CC1C2. The van der Waals surface area contributed by atoms with Crippen LogP contribution in [0, 0.1) is 28.2 Å². The highest BCUT2D eigenvalue weighted by Crippen LogP contribution is 2.42. The number of likely N-dealkylation sites (N-methyl/N-ethyl adjacent to an activating group) is 1. The molecule has 0 bridgehead atoms. The van der Waals surface area contributed by atoms with Gasteiger partial charge in [0.05, 0.1) is 51.7 Å². The van der Waals surface area contributed by atoms with Crippen LogP contribution in [0.5, 0.6) is 23.0 Å². The molecular formula is C64H75IN10O11. The second-order valence-electron chi connectivity index (χ2n) is 23.1. The summed E-state index contributed by atoms with van der Waals surface area (Å²) in [5.74, 6) is -0.486. The van der Waals surface area contributed by atoms with Crippen molar-refractivity contribution in [3.05, 3.63) is 142 Å². The van der Waals surface area contributed by atoms with Crippen LogP contribution >= 0.6 is 22.6 Å². The van der Waals surface area contributed by atoms with Gasteiger partial charge in [-0.2, -0.15) is 9.48 Å². The Morgan fingerprint density at radius 3 is 1.76 bits per heavy atom. The van der Waals surface area contributed by atoms with Gasteiger partial charge in [0.1, 0.15) is 6.04 Å². The van der Waals surface area contributed by atoms with Crippen molar-refractivity contribution in [3.63, 3.8) is 0 Å². The number of unbranched alkanes of at least 4 members (excludes halogenated alkanes) is 2. The molecule has 22 heteroatoms. The third-order valence-corrected chi connectivity index (χ3v) is 17.4. The van der Waals surface area contributed by atoms with Gasteiger partial charge >= 0.3 is 0 Å². The molecule has 10 rings (SSSR count). The van der Waals surface area contributed by atoms with Crippen molar-refractivity contribution in [1.29, 1.82) is 0 Å². The normalized spacial score (nSPS) is 19.3. The van der Waals surface area contributed by atoms with Gasteiger partial charge in [-0.1, -0.05) is 56.7 Å². The third-order valence-electron chi connectivity index (χ3n) is 16.6. The molecule has 0 radical (unpaired) electrons. The molecule has 4 atom stereocenters. The van der Waals surface area contributed by atoms with Gasteiger partial charge in [0.15, 0.2) is 49.3 Å². The van der Waals surface area contributed by atoms with Crippen LogP contribution in [0.4, 0.5) is 11.4 Å². The number of benzene rings is 2. The van der Waals surface area contributed by atoms with Crippen molar-refractivity contribution >= 4 is 87.1 Å². The number of methoxy groups -OCH3 is 2. The fraction of sp³-hybridized carbons (Fsp3) is 0.422. The molecule has 0 spiro atoms. The summed E-state index contributed by atoms with van der Waals surface area (Å²) < 4.78 is 28.8. The number of amides is 5. The fourth-order valence-corrected chi connectivity index (χ4v) is 12.2. The number of hydrogen-bond acceptors (Lipinski definition) is 13. The first-order valence-corrected chi connectivity index (χ1v) is 30.5. The summed E-state index contributed by atoms with van der Waals surface area (Å²) in [4.78, 5) is 69.6. The highest BCUT2D eigenvalue weighted by atomic mass is 127. The number of piperazine rings is 1. The van der Waals surface area contributed by atoms with E-state index >= 15 is 0 Å². The summed E-state index contributed by atoms with van der Waals surface area (Å²) >= 11 is 1.88. The Labute approximate surface area is 514 Å². The Hall–Kier alpha value is -8.12. The molecule has 21 nitrogen and oxygen atoms in total. The second-order valence-corrected chi connectivity index (χ2v) is 25.2. The number of carbonyl (C=O) groups excluding carboxylic acids is 5. The molecule has 2 aromatic carbocycles. The van der Waals surface area contributed by atoms with E-state index in [-0.39, 0.29) is 48.4 Å². The van der Waals surface area contributed by atoms with Gasteiger partial charge in [-0.3, -0.25) is 28.9 Å². The van der Waals surface area contributed by atoms with Gasteiger partial charge in [0.25, 0.3) is 17.7 Å². The molecule has 0 saturated carbocycles. The number of nitrogens with zero attached hydrogens (tertiary/aromatic N) is 7. The summed E-state index contributed by atoms with van der Waals surface area (Å²) in [5, 5.41) is 35.9. The highest BCUT2D eigenvalue weighted by molar-refractivity contribution is 14.1. The van der Waals surface area contributed by atoms with Crippen LogP contribution in [0.2, 0.25) is 0 Å². The van der Waals surface area contributed by atoms with Crippen molar-refractivity contribution in [2.75, 3.05) is 77.4 Å². The minimum atomic E-state index is -1.37. The van der Waals surface area contributed by atoms with Gasteiger partial charge in [0, 0.05) is 94.3 Å². The Morgan fingerprint density at radius 2 is 1.24 bits per heavy atom. The lowest BCUT2D eigenvalue weighted by Crippen LogP contribution is -2.57. The van der Waals surface area contributed by atoms with Crippen molar-refractivity contribution in [3.8, 4) is 23.0 Å². The van der Waals surface area contributed by atoms with E-state index in [9.17, 15) is 34.4 Å². The monoisotopic (exact) mass is 1290 g/mol. The number of aromatic nitrogens is 2. The number of nitrogens with one attached hydrogen (secondary N) is 3. The van der Waals surface area contributed by atoms with Crippen LogP contribution < -0.4 is 39.8 Å². The summed E-state index contributed by atoms with van der Waals surface area (Å²) in [6.45, 7) is 11.3. The molecule has 6 heterocycles. The van der Waals surface area contributed by atoms with Crippen LogP contribution in [0.15, 0.2) is 109 Å². The van der Waals surface area contributed by atoms with E-state index in [4.69, 9.17) is 18.9 Å². The van der Waals surface area contributed by atoms with Crippen LogP contribution in [0.3, 0.4) is 0 Å². The molecule has 6 aliphatic rings. The highest BCUT2D eigenvalue weighted by Gasteiger charge is 2.38. The predicted molar refractivity (Wildman–Crippen MR) is 336 cm³/mol. The van der Waals surface area contributed by atoms with E-state index in [0.29, 0.717) is 116 Å². The Morgan fingerprint density at radius 1 is 0.721 bits per heavy atom. The largest absolute Gasteiger partial charge is 0.618 e. The number of fused-ring (bicyclic) bond motifs is 4. The fourth-order valence-electron chi connectivity index (χ4n) is 11.8. The van der Waals surface area contributed by atoms with E-state index in [1.807, 2.05) is 88.3 Å². The maximum absolute atomic E-state index is 13.7. The number of rotatable bonds is 23. The molecule has 4 unspecified atom stereocenters. The summed E-state index contributed by atoms with van der Waals surface area (Å²) in [6.07, 6.45) is 20.8. The van der Waals surface area contributed by atoms with E-state index in [0.717, 1.165) is 52.4 Å². The molecule has 2 aromatic heterocycles. The molecule has 4 aliphatic heterocycles. The topological polar surface area (TPSA) is 230 Å². The molecule has 2 aliphatic carbocycles. The number of halogens is 1. The van der Waals surface area contributed by atoms with Crippen LogP contribution in [-0.2, 0) is 37.1 Å². The minimum absolute atomic E-state index is 0.0525. The average molecular weight is 1290 g/mol. The smallest absolute Gasteiger partial charge is 0.260 e. The van der Waals surface area contributed by atoms with Gasteiger partial charge in [-0.15, -0.1) is 0 Å². The van der Waals surface area contributed by atoms with Crippen molar-refractivity contribution in [1.82, 2.24) is 29.6 Å². The van der Waals surface area contributed by atoms with Crippen molar-refractivity contribution in [2.45, 2.75) is 88.4 Å². The molecule has 86 heavy (non-hydrogen) atoms. The number of alkyl halides is 1. The number of imide groups is 1. The first kappa shape index (κ1) is 61.0. The molecule has 5 amide bonds. The first-order valence-electron chi connectivity index (χ1n) is 29.4. The molecule has 3 N–H and O–H groups in total. The van der Waals surface area contributed by atoms with E-state index in [1.165, 1.54) is 34.5 Å². The minimum Gasteiger partial charge on any atom is -0.618 e. The van der Waals surface area contributed by atoms with Crippen molar-refractivity contribution < 1.29 is 52.4 Å². The second kappa shape index (κ2) is 26.6. The summed E-state index contributed by atoms with van der Waals surface area (Å²) in [7, 11) is 5.29. The predicted octanol–water partition coefficient (Wildman–Crippen LogP) is 7.60. The first-order chi connectivity index (χ1) is 41.4. The molecule has 1 fully saturated rings. The van der Waals surface area contributed by atoms with E-state index in [2.05, 4.69) is 63.1 Å². The number of carbonyl (C=O) groups is 5. The number of allylic oxidation sites excluding steroid dienone is 8. The molecule has 4 aromatic rings. The molecule has 1 saturated heterocycles. The van der Waals surface area contributed by atoms with E-state index in [1.54, 1.807) is 39.5 Å². The summed E-state index contributed by atoms with van der Waals surface area (Å²) in [5.41, 5.74) is 8.56.